The SMILES string of the molecule is CCOC(=O)C1CCN(C(=O)C2CCN(Cc3ccc(CC)cc3)CC2)CC1.O=C(O)C(=O)O. The Kier molecular flexibility index (Phi) is 11.0. The van der Waals surface area contributed by atoms with Crippen molar-refractivity contribution in [3.8, 4) is 0 Å². The standard InChI is InChI=1S/C23H34N2O3.C2H2O4/c1-3-18-5-7-19(8-6-18)17-24-13-9-20(10-14-24)22(26)25-15-11-21(12-16-25)23(27)28-4-2;3-1(4)2(5)6/h5-8,20-21H,3-4,9-17H2,1-2H3;(H,3,4)(H,5,6). The van der Waals surface area contributed by atoms with Crippen molar-refractivity contribution in [3.63, 3.8) is 0 Å². The van der Waals surface area contributed by atoms with Crippen molar-refractivity contribution in [2.24, 2.45) is 11.8 Å². The minimum atomic E-state index is -1.82. The Morgan fingerprint density at radius 3 is 1.79 bits per heavy atom. The van der Waals surface area contributed by atoms with Crippen LogP contribution in [0.25, 0.3) is 0 Å². The van der Waals surface area contributed by atoms with E-state index in [1.807, 2.05) is 11.8 Å². The average Bonchev–Trinajstić information content (AvgIpc) is 2.85. The Morgan fingerprint density at radius 2 is 1.32 bits per heavy atom. The van der Waals surface area contributed by atoms with Gasteiger partial charge in [0.25, 0.3) is 0 Å². The number of hydrogen-bond acceptors (Lipinski definition) is 6. The molecule has 188 valence electrons. The number of carbonyl (C=O) groups excluding carboxylic acids is 2. The van der Waals surface area contributed by atoms with Gasteiger partial charge >= 0.3 is 17.9 Å². The fourth-order valence-corrected chi connectivity index (χ4v) is 4.33. The van der Waals surface area contributed by atoms with Crippen LogP contribution < -0.4 is 0 Å². The van der Waals surface area contributed by atoms with E-state index < -0.39 is 11.9 Å². The first-order chi connectivity index (χ1) is 16.2. The van der Waals surface area contributed by atoms with E-state index in [4.69, 9.17) is 24.5 Å². The number of carboxylic acids is 2. The highest BCUT2D eigenvalue weighted by molar-refractivity contribution is 6.27. The summed E-state index contributed by atoms with van der Waals surface area (Å²) in [6, 6.07) is 8.88. The third-order valence-corrected chi connectivity index (χ3v) is 6.38. The van der Waals surface area contributed by atoms with Gasteiger partial charge in [-0.15, -0.1) is 0 Å². The molecular formula is C25H36N2O7. The number of hydrogen-bond donors (Lipinski definition) is 2. The third kappa shape index (κ3) is 8.44. The van der Waals surface area contributed by atoms with Crippen LogP contribution in [0.3, 0.4) is 0 Å². The Hall–Kier alpha value is -2.94. The first-order valence-electron chi connectivity index (χ1n) is 12.0. The minimum absolute atomic E-state index is 0.0371. The molecule has 0 unspecified atom stereocenters. The summed E-state index contributed by atoms with van der Waals surface area (Å²) in [5.41, 5.74) is 2.72. The number of amides is 1. The van der Waals surface area contributed by atoms with Gasteiger partial charge in [0.2, 0.25) is 5.91 Å². The van der Waals surface area contributed by atoms with Crippen LogP contribution in [0.1, 0.15) is 50.7 Å². The molecule has 34 heavy (non-hydrogen) atoms. The molecule has 2 aliphatic rings. The second-order valence-electron chi connectivity index (χ2n) is 8.68. The molecule has 2 saturated heterocycles. The highest BCUT2D eigenvalue weighted by Crippen LogP contribution is 2.25. The van der Waals surface area contributed by atoms with Crippen LogP contribution in [0.5, 0.6) is 0 Å². The van der Waals surface area contributed by atoms with Gasteiger partial charge in [-0.3, -0.25) is 14.5 Å². The zero-order valence-electron chi connectivity index (χ0n) is 20.1. The number of likely N-dealkylation sites (tertiary alicyclic amines) is 2. The summed E-state index contributed by atoms with van der Waals surface area (Å²) in [6.45, 7) is 8.74. The van der Waals surface area contributed by atoms with E-state index in [2.05, 4.69) is 36.1 Å². The van der Waals surface area contributed by atoms with E-state index in [-0.39, 0.29) is 23.7 Å². The molecular weight excluding hydrogens is 440 g/mol. The molecule has 2 fully saturated rings. The number of piperidine rings is 2. The number of aliphatic carboxylic acids is 2. The lowest BCUT2D eigenvalue weighted by Crippen LogP contribution is -2.46. The summed E-state index contributed by atoms with van der Waals surface area (Å²) in [7, 11) is 0. The van der Waals surface area contributed by atoms with Crippen LogP contribution in [-0.4, -0.2) is 76.6 Å². The molecule has 0 aromatic heterocycles. The molecule has 2 aliphatic heterocycles. The summed E-state index contributed by atoms with van der Waals surface area (Å²) in [6.07, 6.45) is 4.41. The quantitative estimate of drug-likeness (QED) is 0.474. The second-order valence-corrected chi connectivity index (χ2v) is 8.68. The Balaban J connectivity index is 0.000000604. The van der Waals surface area contributed by atoms with Crippen molar-refractivity contribution in [2.45, 2.75) is 52.5 Å². The highest BCUT2D eigenvalue weighted by atomic mass is 16.5. The summed E-state index contributed by atoms with van der Waals surface area (Å²) in [5, 5.41) is 14.8. The largest absolute Gasteiger partial charge is 0.473 e. The topological polar surface area (TPSA) is 124 Å². The van der Waals surface area contributed by atoms with Crippen LogP contribution in [-0.2, 0) is 36.9 Å². The van der Waals surface area contributed by atoms with Crippen molar-refractivity contribution in [1.82, 2.24) is 9.80 Å². The molecule has 9 heteroatoms. The summed E-state index contributed by atoms with van der Waals surface area (Å²) >= 11 is 0. The van der Waals surface area contributed by atoms with Crippen molar-refractivity contribution in [2.75, 3.05) is 32.8 Å². The lowest BCUT2D eigenvalue weighted by atomic mass is 9.92. The van der Waals surface area contributed by atoms with Gasteiger partial charge in [-0.1, -0.05) is 31.2 Å². The highest BCUT2D eigenvalue weighted by Gasteiger charge is 2.33. The van der Waals surface area contributed by atoms with Crippen molar-refractivity contribution in [1.29, 1.82) is 0 Å². The molecule has 2 heterocycles. The number of carboxylic acid groups (broad SMARTS) is 2. The van der Waals surface area contributed by atoms with Gasteiger partial charge in [0.15, 0.2) is 0 Å². The van der Waals surface area contributed by atoms with Crippen LogP contribution in [0.4, 0.5) is 0 Å². The number of rotatable bonds is 6. The van der Waals surface area contributed by atoms with Crippen LogP contribution in [0.2, 0.25) is 0 Å². The van der Waals surface area contributed by atoms with Crippen LogP contribution >= 0.6 is 0 Å². The molecule has 0 radical (unpaired) electrons. The van der Waals surface area contributed by atoms with E-state index in [0.717, 1.165) is 51.7 Å². The normalized spacial score (nSPS) is 17.4. The van der Waals surface area contributed by atoms with E-state index in [1.165, 1.54) is 11.1 Å². The fourth-order valence-electron chi connectivity index (χ4n) is 4.33. The van der Waals surface area contributed by atoms with Gasteiger partial charge in [0.1, 0.15) is 0 Å². The number of carbonyl (C=O) groups is 4. The fraction of sp³-hybridized carbons (Fsp3) is 0.600. The van der Waals surface area contributed by atoms with Gasteiger partial charge in [0.05, 0.1) is 12.5 Å². The molecule has 3 rings (SSSR count). The maximum atomic E-state index is 12.9. The Bertz CT molecular complexity index is 812. The smallest absolute Gasteiger partial charge is 0.414 e. The number of benzene rings is 1. The lowest BCUT2D eigenvalue weighted by molar-refractivity contribution is -0.159. The minimum Gasteiger partial charge on any atom is -0.473 e. The number of ether oxygens (including phenoxy) is 1. The zero-order chi connectivity index (χ0) is 25.1. The molecule has 0 aliphatic carbocycles. The Morgan fingerprint density at radius 1 is 0.824 bits per heavy atom. The van der Waals surface area contributed by atoms with Gasteiger partial charge in [-0.2, -0.15) is 0 Å². The van der Waals surface area contributed by atoms with E-state index >= 15 is 0 Å². The predicted octanol–water partition coefficient (Wildman–Crippen LogP) is 2.42. The predicted molar refractivity (Wildman–Crippen MR) is 125 cm³/mol. The maximum Gasteiger partial charge on any atom is 0.414 e. The second kappa shape index (κ2) is 13.7. The molecule has 1 aromatic rings. The molecule has 1 aromatic carbocycles. The van der Waals surface area contributed by atoms with Gasteiger partial charge in [-0.25, -0.2) is 9.59 Å². The van der Waals surface area contributed by atoms with Crippen molar-refractivity contribution < 1.29 is 34.1 Å². The van der Waals surface area contributed by atoms with Crippen molar-refractivity contribution >= 4 is 23.8 Å². The monoisotopic (exact) mass is 476 g/mol. The van der Waals surface area contributed by atoms with Gasteiger partial charge in [0, 0.05) is 25.6 Å². The number of nitrogens with zero attached hydrogens (tertiary/aromatic N) is 2. The first kappa shape index (κ1) is 27.3. The van der Waals surface area contributed by atoms with E-state index in [0.29, 0.717) is 19.7 Å². The molecule has 2 N–H and O–H groups in total. The summed E-state index contributed by atoms with van der Waals surface area (Å²) in [4.78, 5) is 47.4. The molecule has 9 nitrogen and oxygen atoms in total. The molecule has 0 spiro atoms. The summed E-state index contributed by atoms with van der Waals surface area (Å²) in [5.74, 6) is -3.36. The van der Waals surface area contributed by atoms with Crippen LogP contribution in [0.15, 0.2) is 24.3 Å². The van der Waals surface area contributed by atoms with Crippen molar-refractivity contribution in [3.05, 3.63) is 35.4 Å². The molecule has 0 atom stereocenters. The average molecular weight is 477 g/mol. The lowest BCUT2D eigenvalue weighted by Gasteiger charge is -2.36. The van der Waals surface area contributed by atoms with E-state index in [9.17, 15) is 9.59 Å². The van der Waals surface area contributed by atoms with E-state index in [1.54, 1.807) is 0 Å². The third-order valence-electron chi connectivity index (χ3n) is 6.38. The van der Waals surface area contributed by atoms with Gasteiger partial charge in [-0.05, 0) is 63.2 Å². The first-order valence-corrected chi connectivity index (χ1v) is 12.0. The number of esters is 1. The Labute approximate surface area is 200 Å². The maximum absolute atomic E-state index is 12.9. The van der Waals surface area contributed by atoms with Crippen LogP contribution in [0, 0.1) is 11.8 Å². The zero-order valence-corrected chi connectivity index (χ0v) is 20.1. The molecule has 0 bridgehead atoms. The summed E-state index contributed by atoms with van der Waals surface area (Å²) < 4.78 is 5.12. The van der Waals surface area contributed by atoms with Gasteiger partial charge < -0.3 is 19.8 Å². The number of aryl methyl sites for hydroxylation is 1. The molecule has 0 saturated carbocycles. The molecule has 1 amide bonds.